The normalized spacial score (nSPS) is 12.7. The number of esters is 1. The summed E-state index contributed by atoms with van der Waals surface area (Å²) >= 11 is 12.0. The Balaban J connectivity index is 1.99. The Bertz CT molecular complexity index is 802. The Morgan fingerprint density at radius 3 is 2.44 bits per heavy atom. The molecule has 2 rings (SSSR count). The van der Waals surface area contributed by atoms with Gasteiger partial charge < -0.3 is 14.8 Å². The standard InChI is InChI=1S/C19H20Cl2N2O4/c1-19(18(25)26-2,12-27-13-7-4-3-5-8-13)22-11-16(24)23-15-10-6-9-14(20)17(15)21/h3-10,22H,11-12H2,1-2H3,(H,23,24). The number of carbonyl (C=O) groups excluding carboxylic acids is 2. The second kappa shape index (κ2) is 9.60. The molecule has 8 heteroatoms. The number of amides is 1. The van der Waals surface area contributed by atoms with Crippen LogP contribution in [0.1, 0.15) is 6.92 Å². The predicted octanol–water partition coefficient (Wildman–Crippen LogP) is 3.53. The fourth-order valence-corrected chi connectivity index (χ4v) is 2.57. The zero-order valence-corrected chi connectivity index (χ0v) is 16.4. The molecule has 0 aliphatic heterocycles. The lowest BCUT2D eigenvalue weighted by Gasteiger charge is -2.27. The smallest absolute Gasteiger partial charge is 0.329 e. The van der Waals surface area contributed by atoms with Crippen LogP contribution in [0.2, 0.25) is 10.0 Å². The van der Waals surface area contributed by atoms with Gasteiger partial charge in [0.25, 0.3) is 0 Å². The van der Waals surface area contributed by atoms with Crippen molar-refractivity contribution >= 4 is 40.8 Å². The summed E-state index contributed by atoms with van der Waals surface area (Å²) in [5.41, 5.74) is -0.837. The van der Waals surface area contributed by atoms with E-state index in [1.165, 1.54) is 7.11 Å². The van der Waals surface area contributed by atoms with Crippen LogP contribution in [0.3, 0.4) is 0 Å². The van der Waals surface area contributed by atoms with Crippen molar-refractivity contribution < 1.29 is 19.1 Å². The van der Waals surface area contributed by atoms with Crippen LogP contribution in [0, 0.1) is 0 Å². The number of rotatable bonds is 8. The quantitative estimate of drug-likeness (QED) is 0.650. The Kier molecular flexibility index (Phi) is 7.47. The molecular formula is C19H20Cl2N2O4. The SMILES string of the molecule is COC(=O)C(C)(COc1ccccc1)NCC(=O)Nc1cccc(Cl)c1Cl. The summed E-state index contributed by atoms with van der Waals surface area (Å²) in [6.45, 7) is 1.42. The molecule has 6 nitrogen and oxygen atoms in total. The summed E-state index contributed by atoms with van der Waals surface area (Å²) in [5.74, 6) is -0.342. The monoisotopic (exact) mass is 410 g/mol. The molecule has 0 bridgehead atoms. The first kappa shape index (κ1) is 21.0. The highest BCUT2D eigenvalue weighted by molar-refractivity contribution is 6.44. The lowest BCUT2D eigenvalue weighted by Crippen LogP contribution is -2.56. The lowest BCUT2D eigenvalue weighted by atomic mass is 10.0. The van der Waals surface area contributed by atoms with Gasteiger partial charge in [-0.05, 0) is 31.2 Å². The minimum atomic E-state index is -1.22. The van der Waals surface area contributed by atoms with Gasteiger partial charge in [0.2, 0.25) is 5.91 Å². The molecule has 0 radical (unpaired) electrons. The average Bonchev–Trinajstić information content (AvgIpc) is 2.68. The Hall–Kier alpha value is -2.28. The second-order valence-corrected chi connectivity index (χ2v) is 6.71. The number of hydrogen-bond acceptors (Lipinski definition) is 5. The van der Waals surface area contributed by atoms with Crippen molar-refractivity contribution in [3.05, 3.63) is 58.6 Å². The molecule has 144 valence electrons. The maximum atomic E-state index is 12.2. The number of nitrogens with one attached hydrogen (secondary N) is 2. The molecule has 0 saturated carbocycles. The van der Waals surface area contributed by atoms with Crippen molar-refractivity contribution in [2.24, 2.45) is 0 Å². The first-order chi connectivity index (χ1) is 12.9. The number of halogens is 2. The number of hydrogen-bond donors (Lipinski definition) is 2. The molecule has 27 heavy (non-hydrogen) atoms. The van der Waals surface area contributed by atoms with Gasteiger partial charge in [0.05, 0.1) is 29.4 Å². The number of anilines is 1. The van der Waals surface area contributed by atoms with E-state index in [9.17, 15) is 9.59 Å². The fourth-order valence-electron chi connectivity index (χ4n) is 2.22. The van der Waals surface area contributed by atoms with Crippen LogP contribution in [0.4, 0.5) is 5.69 Å². The maximum Gasteiger partial charge on any atom is 0.329 e. The molecule has 0 aromatic heterocycles. The highest BCUT2D eigenvalue weighted by atomic mass is 35.5. The van der Waals surface area contributed by atoms with E-state index in [0.29, 0.717) is 16.5 Å². The van der Waals surface area contributed by atoms with Crippen LogP contribution >= 0.6 is 23.2 Å². The van der Waals surface area contributed by atoms with Gasteiger partial charge in [-0.3, -0.25) is 10.1 Å². The van der Waals surface area contributed by atoms with Gasteiger partial charge in [-0.2, -0.15) is 0 Å². The minimum absolute atomic E-state index is 0.0190. The molecule has 1 atom stereocenters. The maximum absolute atomic E-state index is 12.2. The van der Waals surface area contributed by atoms with Crippen LogP contribution in [-0.2, 0) is 14.3 Å². The summed E-state index contributed by atoms with van der Waals surface area (Å²) in [7, 11) is 1.27. The Labute approximate surface area is 167 Å². The molecule has 0 spiro atoms. The van der Waals surface area contributed by atoms with Crippen LogP contribution < -0.4 is 15.4 Å². The van der Waals surface area contributed by atoms with E-state index < -0.39 is 17.4 Å². The summed E-state index contributed by atoms with van der Waals surface area (Å²) in [5, 5.41) is 6.10. The summed E-state index contributed by atoms with van der Waals surface area (Å²) in [6.07, 6.45) is 0. The van der Waals surface area contributed by atoms with Crippen molar-refractivity contribution in [3.63, 3.8) is 0 Å². The number of ether oxygens (including phenoxy) is 2. The van der Waals surface area contributed by atoms with Crippen LogP contribution in [0.15, 0.2) is 48.5 Å². The summed E-state index contributed by atoms with van der Waals surface area (Å²) in [6, 6.07) is 14.0. The van der Waals surface area contributed by atoms with Gasteiger partial charge >= 0.3 is 5.97 Å². The molecular weight excluding hydrogens is 391 g/mol. The summed E-state index contributed by atoms with van der Waals surface area (Å²) < 4.78 is 10.5. The van der Waals surface area contributed by atoms with E-state index in [-0.39, 0.29) is 18.2 Å². The van der Waals surface area contributed by atoms with E-state index in [1.807, 2.05) is 18.2 Å². The van der Waals surface area contributed by atoms with Crippen LogP contribution in [0.25, 0.3) is 0 Å². The molecule has 0 aliphatic carbocycles. The first-order valence-corrected chi connectivity index (χ1v) is 8.86. The van der Waals surface area contributed by atoms with Crippen molar-refractivity contribution in [1.29, 1.82) is 0 Å². The van der Waals surface area contributed by atoms with Gasteiger partial charge in [-0.25, -0.2) is 4.79 Å². The van der Waals surface area contributed by atoms with Gasteiger partial charge in [-0.1, -0.05) is 47.5 Å². The Morgan fingerprint density at radius 2 is 1.78 bits per heavy atom. The second-order valence-electron chi connectivity index (χ2n) is 5.93. The largest absolute Gasteiger partial charge is 0.491 e. The molecule has 0 heterocycles. The third-order valence-corrected chi connectivity index (χ3v) is 4.59. The van der Waals surface area contributed by atoms with Gasteiger partial charge in [0, 0.05) is 0 Å². The molecule has 2 aromatic rings. The zero-order chi connectivity index (χ0) is 19.9. The Morgan fingerprint density at radius 1 is 1.07 bits per heavy atom. The number of carbonyl (C=O) groups is 2. The number of methoxy groups -OCH3 is 1. The molecule has 0 fully saturated rings. The molecule has 2 N–H and O–H groups in total. The minimum Gasteiger partial charge on any atom is -0.491 e. The van der Waals surface area contributed by atoms with E-state index >= 15 is 0 Å². The highest BCUT2D eigenvalue weighted by Crippen LogP contribution is 2.29. The van der Waals surface area contributed by atoms with Crippen LogP contribution in [0.5, 0.6) is 5.75 Å². The van der Waals surface area contributed by atoms with E-state index in [1.54, 1.807) is 37.3 Å². The topological polar surface area (TPSA) is 76.7 Å². The molecule has 1 amide bonds. The first-order valence-electron chi connectivity index (χ1n) is 8.11. The zero-order valence-electron chi connectivity index (χ0n) is 14.9. The van der Waals surface area contributed by atoms with E-state index in [4.69, 9.17) is 32.7 Å². The predicted molar refractivity (Wildman–Crippen MR) is 105 cm³/mol. The third kappa shape index (κ3) is 5.85. The van der Waals surface area contributed by atoms with Crippen molar-refractivity contribution in [2.75, 3.05) is 25.6 Å². The van der Waals surface area contributed by atoms with Gasteiger partial charge in [-0.15, -0.1) is 0 Å². The average molecular weight is 411 g/mol. The third-order valence-electron chi connectivity index (χ3n) is 3.77. The van der Waals surface area contributed by atoms with Crippen molar-refractivity contribution in [1.82, 2.24) is 5.32 Å². The van der Waals surface area contributed by atoms with E-state index in [0.717, 1.165) is 0 Å². The molecule has 2 aromatic carbocycles. The van der Waals surface area contributed by atoms with Crippen molar-refractivity contribution in [3.8, 4) is 5.75 Å². The molecule has 0 saturated heterocycles. The number of benzene rings is 2. The number of para-hydroxylation sites is 1. The fraction of sp³-hybridized carbons (Fsp3) is 0.263. The molecule has 1 unspecified atom stereocenters. The van der Waals surface area contributed by atoms with E-state index in [2.05, 4.69) is 10.6 Å². The lowest BCUT2D eigenvalue weighted by molar-refractivity contribution is -0.149. The molecule has 0 aliphatic rings. The van der Waals surface area contributed by atoms with Crippen molar-refractivity contribution in [2.45, 2.75) is 12.5 Å². The summed E-state index contributed by atoms with van der Waals surface area (Å²) in [4.78, 5) is 24.4. The van der Waals surface area contributed by atoms with Gasteiger partial charge in [0.15, 0.2) is 0 Å². The highest BCUT2D eigenvalue weighted by Gasteiger charge is 2.35. The van der Waals surface area contributed by atoms with Gasteiger partial charge in [0.1, 0.15) is 17.9 Å². The van der Waals surface area contributed by atoms with Crippen LogP contribution in [-0.4, -0.2) is 37.7 Å².